The fourth-order valence-corrected chi connectivity index (χ4v) is 2.13. The molecule has 1 N–H and O–H groups in total. The molecular formula is C20H23NO3. The van der Waals surface area contributed by atoms with Crippen molar-refractivity contribution in [2.24, 2.45) is 0 Å². The van der Waals surface area contributed by atoms with Gasteiger partial charge in [0.15, 0.2) is 0 Å². The molecule has 126 valence electrons. The van der Waals surface area contributed by atoms with Crippen LogP contribution in [-0.2, 0) is 11.3 Å². The molecule has 0 unspecified atom stereocenters. The van der Waals surface area contributed by atoms with E-state index in [0.29, 0.717) is 6.54 Å². The molecule has 0 aliphatic rings. The van der Waals surface area contributed by atoms with E-state index in [2.05, 4.69) is 5.32 Å². The van der Waals surface area contributed by atoms with Crippen molar-refractivity contribution in [3.05, 3.63) is 65.7 Å². The van der Waals surface area contributed by atoms with Gasteiger partial charge in [0, 0.05) is 12.6 Å². The van der Waals surface area contributed by atoms with Crippen LogP contribution >= 0.6 is 0 Å². The van der Waals surface area contributed by atoms with Crippen molar-refractivity contribution in [3.8, 4) is 11.5 Å². The van der Waals surface area contributed by atoms with Gasteiger partial charge in [-0.3, -0.25) is 4.79 Å². The third-order valence-corrected chi connectivity index (χ3v) is 3.28. The molecule has 0 bridgehead atoms. The smallest absolute Gasteiger partial charge is 0.244 e. The van der Waals surface area contributed by atoms with Gasteiger partial charge in [0.25, 0.3) is 0 Å². The zero-order valence-electron chi connectivity index (χ0n) is 14.3. The fraction of sp³-hybridized carbons (Fsp3) is 0.250. The summed E-state index contributed by atoms with van der Waals surface area (Å²) < 4.78 is 10.7. The Balaban J connectivity index is 1.88. The average Bonchev–Trinajstić information content (AvgIpc) is 2.58. The summed E-state index contributed by atoms with van der Waals surface area (Å²) >= 11 is 0. The second-order valence-electron chi connectivity index (χ2n) is 5.64. The number of carbonyl (C=O) groups excluding carboxylic acids is 1. The Hall–Kier alpha value is -2.75. The molecule has 0 aromatic heterocycles. The van der Waals surface area contributed by atoms with Gasteiger partial charge in [0.2, 0.25) is 5.91 Å². The van der Waals surface area contributed by atoms with Gasteiger partial charge in [0.1, 0.15) is 11.5 Å². The highest BCUT2D eigenvalue weighted by molar-refractivity contribution is 5.91. The van der Waals surface area contributed by atoms with Crippen LogP contribution in [0.1, 0.15) is 25.0 Å². The number of methoxy groups -OCH3 is 1. The van der Waals surface area contributed by atoms with Gasteiger partial charge in [-0.2, -0.15) is 0 Å². The number of benzene rings is 2. The topological polar surface area (TPSA) is 47.6 Å². The number of ether oxygens (including phenoxy) is 2. The van der Waals surface area contributed by atoms with E-state index in [-0.39, 0.29) is 12.0 Å². The predicted octanol–water partition coefficient (Wildman–Crippen LogP) is 3.81. The predicted molar refractivity (Wildman–Crippen MR) is 96.1 cm³/mol. The van der Waals surface area contributed by atoms with Crippen LogP contribution in [0.15, 0.2) is 54.6 Å². The summed E-state index contributed by atoms with van der Waals surface area (Å²) in [5, 5.41) is 2.86. The third-order valence-electron chi connectivity index (χ3n) is 3.28. The van der Waals surface area contributed by atoms with Gasteiger partial charge in [-0.1, -0.05) is 24.3 Å². The first-order chi connectivity index (χ1) is 11.6. The molecule has 0 heterocycles. The van der Waals surface area contributed by atoms with Crippen molar-refractivity contribution < 1.29 is 14.3 Å². The Kier molecular flexibility index (Phi) is 6.43. The van der Waals surface area contributed by atoms with E-state index in [0.717, 1.165) is 22.6 Å². The molecule has 0 radical (unpaired) electrons. The highest BCUT2D eigenvalue weighted by Gasteiger charge is 2.00. The molecule has 0 fully saturated rings. The van der Waals surface area contributed by atoms with E-state index in [1.807, 2.05) is 62.4 Å². The van der Waals surface area contributed by atoms with Crippen LogP contribution in [0.3, 0.4) is 0 Å². The largest absolute Gasteiger partial charge is 0.497 e. The molecule has 24 heavy (non-hydrogen) atoms. The highest BCUT2D eigenvalue weighted by Crippen LogP contribution is 2.16. The Morgan fingerprint density at radius 2 is 1.88 bits per heavy atom. The maximum Gasteiger partial charge on any atom is 0.244 e. The number of nitrogens with one attached hydrogen (secondary N) is 1. The molecule has 0 atom stereocenters. The highest BCUT2D eigenvalue weighted by atomic mass is 16.5. The van der Waals surface area contributed by atoms with E-state index < -0.39 is 0 Å². The maximum absolute atomic E-state index is 11.9. The molecule has 1 amide bonds. The minimum Gasteiger partial charge on any atom is -0.497 e. The number of hydrogen-bond acceptors (Lipinski definition) is 3. The second kappa shape index (κ2) is 8.77. The summed E-state index contributed by atoms with van der Waals surface area (Å²) in [6.07, 6.45) is 3.42. The quantitative estimate of drug-likeness (QED) is 0.788. The van der Waals surface area contributed by atoms with Crippen LogP contribution in [0.4, 0.5) is 0 Å². The van der Waals surface area contributed by atoms with Gasteiger partial charge in [0.05, 0.1) is 13.2 Å². The molecule has 0 aliphatic heterocycles. The summed E-state index contributed by atoms with van der Waals surface area (Å²) in [7, 11) is 1.63. The Labute approximate surface area is 143 Å². The van der Waals surface area contributed by atoms with Crippen LogP contribution < -0.4 is 14.8 Å². The van der Waals surface area contributed by atoms with E-state index >= 15 is 0 Å². The first kappa shape index (κ1) is 17.6. The van der Waals surface area contributed by atoms with Gasteiger partial charge < -0.3 is 14.8 Å². The van der Waals surface area contributed by atoms with Gasteiger partial charge in [-0.25, -0.2) is 0 Å². The van der Waals surface area contributed by atoms with E-state index in [9.17, 15) is 4.79 Å². The molecule has 4 nitrogen and oxygen atoms in total. The van der Waals surface area contributed by atoms with Crippen LogP contribution in [0.5, 0.6) is 11.5 Å². The number of amides is 1. The minimum absolute atomic E-state index is 0.122. The Morgan fingerprint density at radius 3 is 2.54 bits per heavy atom. The monoisotopic (exact) mass is 325 g/mol. The van der Waals surface area contributed by atoms with Crippen molar-refractivity contribution in [1.82, 2.24) is 5.32 Å². The minimum atomic E-state index is -0.138. The summed E-state index contributed by atoms with van der Waals surface area (Å²) in [6, 6.07) is 15.3. The molecule has 0 saturated heterocycles. The number of rotatable bonds is 7. The summed E-state index contributed by atoms with van der Waals surface area (Å²) in [5.41, 5.74) is 1.94. The van der Waals surface area contributed by atoms with Crippen LogP contribution in [-0.4, -0.2) is 19.1 Å². The molecule has 0 spiro atoms. The normalized spacial score (nSPS) is 10.8. The SMILES string of the molecule is COc1ccc(CNC(=O)/C=C/c2cccc(OC(C)C)c2)cc1. The maximum atomic E-state index is 11.9. The summed E-state index contributed by atoms with van der Waals surface area (Å²) in [5.74, 6) is 1.46. The fourth-order valence-electron chi connectivity index (χ4n) is 2.13. The molecule has 2 aromatic rings. The van der Waals surface area contributed by atoms with Gasteiger partial charge in [-0.15, -0.1) is 0 Å². The lowest BCUT2D eigenvalue weighted by molar-refractivity contribution is -0.116. The molecule has 0 saturated carbocycles. The van der Waals surface area contributed by atoms with Crippen molar-refractivity contribution in [2.45, 2.75) is 26.5 Å². The van der Waals surface area contributed by atoms with Crippen LogP contribution in [0.2, 0.25) is 0 Å². The molecular weight excluding hydrogens is 302 g/mol. The van der Waals surface area contributed by atoms with Crippen LogP contribution in [0.25, 0.3) is 6.08 Å². The Bertz CT molecular complexity index is 690. The molecule has 4 heteroatoms. The first-order valence-corrected chi connectivity index (χ1v) is 7.92. The van der Waals surface area contributed by atoms with Crippen molar-refractivity contribution in [1.29, 1.82) is 0 Å². The summed E-state index contributed by atoms with van der Waals surface area (Å²) in [4.78, 5) is 11.9. The van der Waals surface area contributed by atoms with Gasteiger partial charge >= 0.3 is 0 Å². The molecule has 2 rings (SSSR count). The summed E-state index contributed by atoms with van der Waals surface area (Å²) in [6.45, 7) is 4.44. The second-order valence-corrected chi connectivity index (χ2v) is 5.64. The third kappa shape index (κ3) is 5.80. The first-order valence-electron chi connectivity index (χ1n) is 7.92. The van der Waals surface area contributed by atoms with Crippen molar-refractivity contribution in [3.63, 3.8) is 0 Å². The van der Waals surface area contributed by atoms with Crippen molar-refractivity contribution in [2.75, 3.05) is 7.11 Å². The zero-order valence-corrected chi connectivity index (χ0v) is 14.3. The number of carbonyl (C=O) groups is 1. The lowest BCUT2D eigenvalue weighted by atomic mass is 10.2. The lowest BCUT2D eigenvalue weighted by Gasteiger charge is -2.09. The standard InChI is InChI=1S/C20H23NO3/c1-15(2)24-19-6-4-5-16(13-19)9-12-20(22)21-14-17-7-10-18(23-3)11-8-17/h4-13,15H,14H2,1-3H3,(H,21,22)/b12-9+. The van der Waals surface area contributed by atoms with E-state index in [4.69, 9.17) is 9.47 Å². The van der Waals surface area contributed by atoms with E-state index in [1.54, 1.807) is 13.2 Å². The Morgan fingerprint density at radius 1 is 1.12 bits per heavy atom. The molecule has 0 aliphatic carbocycles. The van der Waals surface area contributed by atoms with E-state index in [1.165, 1.54) is 6.08 Å². The molecule has 2 aromatic carbocycles. The lowest BCUT2D eigenvalue weighted by Crippen LogP contribution is -2.20. The van der Waals surface area contributed by atoms with Gasteiger partial charge in [-0.05, 0) is 55.3 Å². The number of hydrogen-bond donors (Lipinski definition) is 1. The zero-order chi connectivity index (χ0) is 17.4. The van der Waals surface area contributed by atoms with Crippen LogP contribution in [0, 0.1) is 0 Å². The average molecular weight is 325 g/mol. The van der Waals surface area contributed by atoms with Crippen molar-refractivity contribution >= 4 is 12.0 Å².